The van der Waals surface area contributed by atoms with E-state index in [2.05, 4.69) is 17.0 Å². The summed E-state index contributed by atoms with van der Waals surface area (Å²) in [4.78, 5) is 15.3. The third-order valence-corrected chi connectivity index (χ3v) is 7.73. The van der Waals surface area contributed by atoms with Crippen molar-refractivity contribution in [3.8, 4) is 17.9 Å². The molecule has 1 heterocycles. The van der Waals surface area contributed by atoms with Crippen LogP contribution >= 0.6 is 0 Å². The van der Waals surface area contributed by atoms with Gasteiger partial charge in [0.2, 0.25) is 0 Å². The van der Waals surface area contributed by atoms with Gasteiger partial charge in [0.1, 0.15) is 17.7 Å². The standard InChI is InChI=1S/C30H34FN3O3/c31-28-9-4-3-8-27(28)30(22-33,20-29(35)37-26-6-1-2-7-26)24-14-17-34(18-15-24)16-5-19-36-25-12-10-23(21-32)11-13-25/h3-4,8-13,24,26H,1-2,5-7,14-20H2/t30-/m0/s1. The van der Waals surface area contributed by atoms with Crippen LogP contribution in [0.1, 0.15) is 62.5 Å². The number of likely N-dealkylation sites (tertiary alicyclic amines) is 1. The summed E-state index contributed by atoms with van der Waals surface area (Å²) in [5.41, 5.74) is -0.341. The number of ether oxygens (including phenoxy) is 2. The zero-order valence-corrected chi connectivity index (χ0v) is 21.2. The number of carbonyl (C=O) groups is 1. The molecule has 194 valence electrons. The zero-order valence-electron chi connectivity index (χ0n) is 21.2. The van der Waals surface area contributed by atoms with Gasteiger partial charge in [-0.05, 0) is 94.3 Å². The van der Waals surface area contributed by atoms with Gasteiger partial charge < -0.3 is 14.4 Å². The van der Waals surface area contributed by atoms with Crippen molar-refractivity contribution < 1.29 is 18.7 Å². The van der Waals surface area contributed by atoms with Crippen LogP contribution in [-0.4, -0.2) is 43.2 Å². The fourth-order valence-corrected chi connectivity index (χ4v) is 5.69. The number of carbonyl (C=O) groups excluding carboxylic acids is 1. The third-order valence-electron chi connectivity index (χ3n) is 7.73. The van der Waals surface area contributed by atoms with Gasteiger partial charge in [0.15, 0.2) is 0 Å². The van der Waals surface area contributed by atoms with Crippen molar-refractivity contribution in [2.24, 2.45) is 5.92 Å². The Morgan fingerprint density at radius 3 is 2.38 bits per heavy atom. The molecule has 1 aliphatic carbocycles. The molecule has 1 aliphatic heterocycles. The molecule has 0 spiro atoms. The quantitative estimate of drug-likeness (QED) is 0.314. The van der Waals surface area contributed by atoms with Gasteiger partial charge in [0, 0.05) is 12.1 Å². The number of nitriles is 2. The summed E-state index contributed by atoms with van der Waals surface area (Å²) in [6.07, 6.45) is 5.86. The van der Waals surface area contributed by atoms with E-state index in [9.17, 15) is 10.1 Å². The molecule has 7 heteroatoms. The lowest BCUT2D eigenvalue weighted by Gasteiger charge is -2.41. The van der Waals surface area contributed by atoms with Crippen molar-refractivity contribution in [1.82, 2.24) is 4.90 Å². The van der Waals surface area contributed by atoms with Crippen molar-refractivity contribution in [3.63, 3.8) is 0 Å². The predicted octanol–water partition coefficient (Wildman–Crippen LogP) is 5.52. The van der Waals surface area contributed by atoms with E-state index >= 15 is 4.39 Å². The number of hydrogen-bond acceptors (Lipinski definition) is 6. The highest BCUT2D eigenvalue weighted by molar-refractivity contribution is 5.73. The fourth-order valence-electron chi connectivity index (χ4n) is 5.69. The van der Waals surface area contributed by atoms with Crippen LogP contribution in [0.2, 0.25) is 0 Å². The van der Waals surface area contributed by atoms with E-state index in [4.69, 9.17) is 14.7 Å². The first-order chi connectivity index (χ1) is 18.0. The van der Waals surface area contributed by atoms with Gasteiger partial charge in [0.05, 0.1) is 36.1 Å². The summed E-state index contributed by atoms with van der Waals surface area (Å²) in [5, 5.41) is 19.3. The second-order valence-corrected chi connectivity index (χ2v) is 10.1. The molecule has 6 nitrogen and oxygen atoms in total. The van der Waals surface area contributed by atoms with Gasteiger partial charge in [0.25, 0.3) is 0 Å². The molecule has 2 aliphatic rings. The molecule has 0 bridgehead atoms. The predicted molar refractivity (Wildman–Crippen MR) is 137 cm³/mol. The minimum Gasteiger partial charge on any atom is -0.494 e. The molecule has 0 N–H and O–H groups in total. The first kappa shape index (κ1) is 26.6. The highest BCUT2D eigenvalue weighted by Crippen LogP contribution is 2.43. The number of benzene rings is 2. The molecule has 4 rings (SSSR count). The SMILES string of the molecule is N#Cc1ccc(OCCCN2CCC([C@@](C#N)(CC(=O)OC3CCCC3)c3ccccc3F)CC2)cc1. The number of piperidine rings is 1. The Labute approximate surface area is 218 Å². The summed E-state index contributed by atoms with van der Waals surface area (Å²) in [5.74, 6) is -0.248. The average molecular weight is 504 g/mol. The van der Waals surface area contributed by atoms with Crippen LogP contribution in [0.15, 0.2) is 48.5 Å². The van der Waals surface area contributed by atoms with Crippen LogP contribution in [0.4, 0.5) is 4.39 Å². The molecular weight excluding hydrogens is 469 g/mol. The lowest BCUT2D eigenvalue weighted by atomic mass is 9.65. The molecule has 1 atom stereocenters. The average Bonchev–Trinajstić information content (AvgIpc) is 3.44. The molecule has 0 amide bonds. The molecular formula is C30H34FN3O3. The van der Waals surface area contributed by atoms with E-state index < -0.39 is 17.2 Å². The number of nitrogens with zero attached hydrogens (tertiary/aromatic N) is 3. The van der Waals surface area contributed by atoms with Crippen LogP contribution in [0, 0.1) is 34.4 Å². The topological polar surface area (TPSA) is 86.4 Å². The summed E-state index contributed by atoms with van der Waals surface area (Å²) in [6, 6.07) is 17.9. The highest BCUT2D eigenvalue weighted by Gasteiger charge is 2.46. The van der Waals surface area contributed by atoms with Crippen LogP contribution in [0.5, 0.6) is 5.75 Å². The molecule has 37 heavy (non-hydrogen) atoms. The van der Waals surface area contributed by atoms with Crippen LogP contribution in [0.25, 0.3) is 0 Å². The molecule has 1 saturated carbocycles. The van der Waals surface area contributed by atoms with Crippen LogP contribution in [0.3, 0.4) is 0 Å². The van der Waals surface area contributed by atoms with Gasteiger partial charge in [-0.15, -0.1) is 0 Å². The van der Waals surface area contributed by atoms with Gasteiger partial charge in [-0.25, -0.2) is 4.39 Å². The molecule has 2 aromatic rings. The third kappa shape index (κ3) is 6.67. The van der Waals surface area contributed by atoms with E-state index in [0.29, 0.717) is 30.6 Å². The van der Waals surface area contributed by atoms with Crippen molar-refractivity contribution in [2.75, 3.05) is 26.2 Å². The largest absolute Gasteiger partial charge is 0.494 e. The molecule has 0 aromatic heterocycles. The second-order valence-electron chi connectivity index (χ2n) is 10.1. The Bertz CT molecular complexity index is 1130. The summed E-state index contributed by atoms with van der Waals surface area (Å²) in [7, 11) is 0. The van der Waals surface area contributed by atoms with Gasteiger partial charge in [-0.1, -0.05) is 18.2 Å². The van der Waals surface area contributed by atoms with Crippen LogP contribution in [-0.2, 0) is 14.9 Å². The van der Waals surface area contributed by atoms with E-state index in [1.807, 2.05) is 0 Å². The maximum Gasteiger partial charge on any atom is 0.308 e. The van der Waals surface area contributed by atoms with Gasteiger partial charge >= 0.3 is 5.97 Å². The first-order valence-electron chi connectivity index (χ1n) is 13.2. The van der Waals surface area contributed by atoms with Crippen molar-refractivity contribution >= 4 is 5.97 Å². The van der Waals surface area contributed by atoms with E-state index in [1.165, 1.54) is 6.07 Å². The summed E-state index contributed by atoms with van der Waals surface area (Å²) in [6.45, 7) is 2.97. The summed E-state index contributed by atoms with van der Waals surface area (Å²) >= 11 is 0. The molecule has 0 radical (unpaired) electrons. The Morgan fingerprint density at radius 2 is 1.73 bits per heavy atom. The Balaban J connectivity index is 1.35. The number of rotatable bonds is 10. The molecule has 1 saturated heterocycles. The fraction of sp³-hybridized carbons (Fsp3) is 0.500. The maximum atomic E-state index is 15.0. The lowest BCUT2D eigenvalue weighted by Crippen LogP contribution is -2.45. The first-order valence-corrected chi connectivity index (χ1v) is 13.2. The van der Waals surface area contributed by atoms with Crippen molar-refractivity contribution in [1.29, 1.82) is 10.5 Å². The monoisotopic (exact) mass is 503 g/mol. The Kier molecular flexibility index (Phi) is 9.14. The van der Waals surface area contributed by atoms with Crippen LogP contribution < -0.4 is 4.74 Å². The Morgan fingerprint density at radius 1 is 1.03 bits per heavy atom. The maximum absolute atomic E-state index is 15.0. The zero-order chi connectivity index (χ0) is 26.1. The minimum atomic E-state index is -1.24. The highest BCUT2D eigenvalue weighted by atomic mass is 19.1. The smallest absolute Gasteiger partial charge is 0.308 e. The summed E-state index contributed by atoms with van der Waals surface area (Å²) < 4.78 is 26.5. The van der Waals surface area contributed by atoms with Crippen molar-refractivity contribution in [3.05, 3.63) is 65.5 Å². The van der Waals surface area contributed by atoms with E-state index in [1.54, 1.807) is 42.5 Å². The normalized spacial score (nSPS) is 18.5. The minimum absolute atomic E-state index is 0.0853. The number of hydrogen-bond donors (Lipinski definition) is 0. The number of esters is 1. The molecule has 2 fully saturated rings. The van der Waals surface area contributed by atoms with E-state index in [0.717, 1.165) is 57.5 Å². The Hall–Kier alpha value is -3.42. The lowest BCUT2D eigenvalue weighted by molar-refractivity contribution is -0.150. The second kappa shape index (κ2) is 12.7. The van der Waals surface area contributed by atoms with Gasteiger partial charge in [-0.2, -0.15) is 10.5 Å². The molecule has 0 unspecified atom stereocenters. The van der Waals surface area contributed by atoms with Gasteiger partial charge in [-0.3, -0.25) is 4.79 Å². The number of halogens is 1. The molecule has 2 aromatic carbocycles. The van der Waals surface area contributed by atoms with E-state index in [-0.39, 0.29) is 18.4 Å². The van der Waals surface area contributed by atoms with Crippen molar-refractivity contribution in [2.45, 2.75) is 62.9 Å².